The van der Waals surface area contributed by atoms with Gasteiger partial charge in [-0.2, -0.15) is 0 Å². The zero-order chi connectivity index (χ0) is 20.3. The minimum atomic E-state index is -1.47. The minimum Gasteiger partial charge on any atom is -0.465 e. The van der Waals surface area contributed by atoms with Gasteiger partial charge in [-0.05, 0) is 31.2 Å². The Morgan fingerprint density at radius 2 is 1.62 bits per heavy atom. The number of hydrogen-bond donors (Lipinski definition) is 6. The summed E-state index contributed by atoms with van der Waals surface area (Å²) < 4.78 is 0. The Balaban J connectivity index is 4.75. The van der Waals surface area contributed by atoms with E-state index in [2.05, 4.69) is 16.0 Å². The summed E-state index contributed by atoms with van der Waals surface area (Å²) in [4.78, 5) is 44.5. The van der Waals surface area contributed by atoms with E-state index in [1.54, 1.807) is 19.2 Å². The Bertz CT molecular complexity index is 483. The Kier molecular flexibility index (Phi) is 11.2. The summed E-state index contributed by atoms with van der Waals surface area (Å²) in [6.45, 7) is 7.76. The van der Waals surface area contributed by atoms with Crippen LogP contribution in [-0.2, 0) is 9.59 Å². The van der Waals surface area contributed by atoms with Crippen molar-refractivity contribution in [2.75, 3.05) is 6.54 Å². The van der Waals surface area contributed by atoms with E-state index in [9.17, 15) is 19.2 Å². The average Bonchev–Trinajstić information content (AvgIpc) is 2.49. The van der Waals surface area contributed by atoms with Crippen LogP contribution >= 0.6 is 0 Å². The quantitative estimate of drug-likeness (QED) is 0.164. The molecule has 0 saturated carbocycles. The molecule has 2 unspecified atom stereocenters. The second-order valence-corrected chi connectivity index (χ2v) is 6.69. The lowest BCUT2D eigenvalue weighted by molar-refractivity contribution is -0.123. The van der Waals surface area contributed by atoms with E-state index in [1.807, 2.05) is 13.8 Å². The maximum absolute atomic E-state index is 12.0. The van der Waals surface area contributed by atoms with Crippen molar-refractivity contribution in [1.82, 2.24) is 21.3 Å². The molecule has 150 valence electrons. The van der Waals surface area contributed by atoms with Gasteiger partial charge in [0.25, 0.3) is 0 Å². The number of rotatable bonds is 12. The summed E-state index contributed by atoms with van der Waals surface area (Å²) in [6.07, 6.45) is -1.74. The number of carbonyl (C=O) groups excluding carboxylic acids is 2. The third-order valence-electron chi connectivity index (χ3n) is 3.77. The molecule has 6 N–H and O–H groups in total. The van der Waals surface area contributed by atoms with E-state index in [4.69, 9.17) is 10.2 Å². The molecule has 0 aliphatic heterocycles. The van der Waals surface area contributed by atoms with Crippen LogP contribution in [0, 0.1) is 11.8 Å². The first-order chi connectivity index (χ1) is 12.1. The second-order valence-electron chi connectivity index (χ2n) is 6.69. The zero-order valence-electron chi connectivity index (χ0n) is 15.6. The predicted molar refractivity (Wildman–Crippen MR) is 94.8 cm³/mol. The maximum atomic E-state index is 12.0. The first-order valence-electron chi connectivity index (χ1n) is 8.56. The molecule has 0 radical (unpaired) electrons. The number of carboxylic acid groups (broad SMARTS) is 2. The highest BCUT2D eigenvalue weighted by atomic mass is 16.4. The van der Waals surface area contributed by atoms with Gasteiger partial charge in [-0.15, -0.1) is 0 Å². The highest BCUT2D eigenvalue weighted by Crippen LogP contribution is 2.06. The van der Waals surface area contributed by atoms with Crippen molar-refractivity contribution in [3.63, 3.8) is 0 Å². The summed E-state index contributed by atoms with van der Waals surface area (Å²) in [5.41, 5.74) is 0. The molecule has 0 aromatic rings. The SMILES string of the molecule is CC(C)C(C=O)NCCCC(NC(=O)O)N[C@H](C(=O)NC(=O)O)C(C)C. The number of amides is 3. The number of aldehydes is 1. The molecule has 0 aromatic carbocycles. The van der Waals surface area contributed by atoms with E-state index < -0.39 is 30.3 Å². The third-order valence-corrected chi connectivity index (χ3v) is 3.77. The third kappa shape index (κ3) is 9.94. The van der Waals surface area contributed by atoms with Gasteiger partial charge in [0.1, 0.15) is 6.29 Å². The van der Waals surface area contributed by atoms with Gasteiger partial charge in [-0.1, -0.05) is 27.7 Å². The molecule has 3 atom stereocenters. The van der Waals surface area contributed by atoms with Crippen LogP contribution < -0.4 is 21.3 Å². The van der Waals surface area contributed by atoms with E-state index in [0.29, 0.717) is 19.4 Å². The van der Waals surface area contributed by atoms with Gasteiger partial charge < -0.3 is 25.6 Å². The van der Waals surface area contributed by atoms with Gasteiger partial charge in [-0.25, -0.2) is 9.59 Å². The molecule has 0 spiro atoms. The minimum absolute atomic E-state index is 0.142. The van der Waals surface area contributed by atoms with Crippen LogP contribution in [0.15, 0.2) is 0 Å². The smallest absolute Gasteiger partial charge is 0.411 e. The lowest BCUT2D eigenvalue weighted by Gasteiger charge is -2.27. The van der Waals surface area contributed by atoms with E-state index in [-0.39, 0.29) is 17.9 Å². The van der Waals surface area contributed by atoms with Crippen LogP contribution in [0.25, 0.3) is 0 Å². The monoisotopic (exact) mass is 374 g/mol. The fraction of sp³-hybridized carbons (Fsp3) is 0.750. The van der Waals surface area contributed by atoms with E-state index >= 15 is 0 Å². The average molecular weight is 374 g/mol. The van der Waals surface area contributed by atoms with Gasteiger partial charge in [0, 0.05) is 0 Å². The fourth-order valence-corrected chi connectivity index (χ4v) is 2.33. The molecule has 10 heteroatoms. The molecular formula is C16H30N4O6. The Morgan fingerprint density at radius 1 is 1.00 bits per heavy atom. The van der Waals surface area contributed by atoms with Crippen molar-refractivity contribution in [3.05, 3.63) is 0 Å². The van der Waals surface area contributed by atoms with Gasteiger partial charge in [0.15, 0.2) is 0 Å². The van der Waals surface area contributed by atoms with Crippen LogP contribution in [-0.4, -0.2) is 59.4 Å². The standard InChI is InChI=1S/C16H30N4O6/c1-9(2)11(8-21)17-7-5-6-12(19-15(23)24)18-13(10(3)4)14(22)20-16(25)26/h8-13,17-19H,5-7H2,1-4H3,(H,20,22)(H,23,24)(H,25,26)/t11?,12?,13-/m0/s1. The number of hydrogen-bond acceptors (Lipinski definition) is 6. The normalized spacial score (nSPS) is 14.5. The molecule has 0 rings (SSSR count). The van der Waals surface area contributed by atoms with E-state index in [0.717, 1.165) is 6.29 Å². The molecule has 0 aliphatic carbocycles. The van der Waals surface area contributed by atoms with E-state index in [1.165, 1.54) is 0 Å². The molecule has 0 aromatic heterocycles. The predicted octanol–water partition coefficient (Wildman–Crippen LogP) is 0.582. The van der Waals surface area contributed by atoms with Crippen LogP contribution in [0.4, 0.5) is 9.59 Å². The van der Waals surface area contributed by atoms with Crippen molar-refractivity contribution >= 4 is 24.4 Å². The first-order valence-corrected chi connectivity index (χ1v) is 8.56. The lowest BCUT2D eigenvalue weighted by atomic mass is 10.0. The largest absolute Gasteiger partial charge is 0.465 e. The molecule has 26 heavy (non-hydrogen) atoms. The Hall–Kier alpha value is -2.20. The van der Waals surface area contributed by atoms with Crippen LogP contribution in [0.1, 0.15) is 40.5 Å². The Labute approximate surface area is 153 Å². The van der Waals surface area contributed by atoms with Crippen molar-refractivity contribution in [2.45, 2.75) is 58.8 Å². The summed E-state index contributed by atoms with van der Waals surface area (Å²) in [6, 6.07) is -1.16. The van der Waals surface area contributed by atoms with Crippen molar-refractivity contribution in [1.29, 1.82) is 0 Å². The Morgan fingerprint density at radius 3 is 2.04 bits per heavy atom. The van der Waals surface area contributed by atoms with Crippen molar-refractivity contribution < 1.29 is 29.4 Å². The molecule has 0 fully saturated rings. The molecular weight excluding hydrogens is 344 g/mol. The van der Waals surface area contributed by atoms with Crippen LogP contribution in [0.5, 0.6) is 0 Å². The summed E-state index contributed by atoms with van der Waals surface area (Å²) >= 11 is 0. The van der Waals surface area contributed by atoms with Gasteiger partial charge in [-0.3, -0.25) is 15.4 Å². The van der Waals surface area contributed by atoms with Crippen LogP contribution in [0.3, 0.4) is 0 Å². The number of carbonyl (C=O) groups is 4. The summed E-state index contributed by atoms with van der Waals surface area (Å²) in [5.74, 6) is -0.863. The summed E-state index contributed by atoms with van der Waals surface area (Å²) in [7, 11) is 0. The molecule has 3 amide bonds. The van der Waals surface area contributed by atoms with Crippen LogP contribution in [0.2, 0.25) is 0 Å². The van der Waals surface area contributed by atoms with Gasteiger partial charge in [0.2, 0.25) is 5.91 Å². The van der Waals surface area contributed by atoms with Gasteiger partial charge in [0.05, 0.1) is 18.2 Å². The molecule has 0 saturated heterocycles. The maximum Gasteiger partial charge on any atom is 0.411 e. The molecule has 0 bridgehead atoms. The number of nitrogens with one attached hydrogen (secondary N) is 4. The highest BCUT2D eigenvalue weighted by molar-refractivity contribution is 5.94. The second kappa shape index (κ2) is 12.2. The lowest BCUT2D eigenvalue weighted by Crippen LogP contribution is -2.57. The molecule has 10 nitrogen and oxygen atoms in total. The van der Waals surface area contributed by atoms with Crippen molar-refractivity contribution in [2.24, 2.45) is 11.8 Å². The number of imide groups is 1. The fourth-order valence-electron chi connectivity index (χ4n) is 2.33. The topological polar surface area (TPSA) is 157 Å². The highest BCUT2D eigenvalue weighted by Gasteiger charge is 2.27. The first kappa shape index (κ1) is 23.8. The van der Waals surface area contributed by atoms with Gasteiger partial charge >= 0.3 is 12.2 Å². The van der Waals surface area contributed by atoms with Crippen molar-refractivity contribution in [3.8, 4) is 0 Å². The molecule has 0 aliphatic rings. The zero-order valence-corrected chi connectivity index (χ0v) is 15.6. The summed E-state index contributed by atoms with van der Waals surface area (Å²) in [5, 5.41) is 27.6. The molecule has 0 heterocycles.